The third-order valence-electron chi connectivity index (χ3n) is 4.71. The van der Waals surface area contributed by atoms with Gasteiger partial charge in [-0.2, -0.15) is 0 Å². The average molecular weight is 273 g/mol. The molecule has 108 valence electrons. The Morgan fingerprint density at radius 2 is 2.10 bits per heavy atom. The second-order valence-electron chi connectivity index (χ2n) is 6.08. The van der Waals surface area contributed by atoms with Crippen LogP contribution in [0.2, 0.25) is 0 Å². The van der Waals surface area contributed by atoms with Crippen LogP contribution in [0.5, 0.6) is 0 Å². The molecule has 0 aromatic heterocycles. The van der Waals surface area contributed by atoms with Crippen molar-refractivity contribution in [3.8, 4) is 0 Å². The zero-order chi connectivity index (χ0) is 14.0. The summed E-state index contributed by atoms with van der Waals surface area (Å²) in [6.45, 7) is 4.00. The summed E-state index contributed by atoms with van der Waals surface area (Å²) in [7, 11) is 1.89. The number of likely N-dealkylation sites (tertiary alicyclic amines) is 1. The topological polar surface area (TPSA) is 44.4 Å². The highest BCUT2D eigenvalue weighted by atomic mass is 16.2. The molecule has 0 aliphatic carbocycles. The van der Waals surface area contributed by atoms with Crippen LogP contribution in [0, 0.1) is 5.41 Å². The van der Waals surface area contributed by atoms with Crippen molar-refractivity contribution in [1.29, 1.82) is 0 Å². The summed E-state index contributed by atoms with van der Waals surface area (Å²) < 4.78 is 0. The minimum absolute atomic E-state index is 0.176. The molecule has 2 fully saturated rings. The molecule has 2 aliphatic heterocycles. The Kier molecular flexibility index (Phi) is 3.66. The number of amides is 1. The van der Waals surface area contributed by atoms with Gasteiger partial charge in [0.2, 0.25) is 0 Å². The number of nitrogens with zero attached hydrogens (tertiary/aromatic N) is 1. The fourth-order valence-electron chi connectivity index (χ4n) is 3.45. The number of nitrogens with one attached hydrogen (secondary N) is 2. The van der Waals surface area contributed by atoms with Crippen molar-refractivity contribution >= 4 is 11.6 Å². The Bertz CT molecular complexity index is 477. The van der Waals surface area contributed by atoms with Gasteiger partial charge in [-0.05, 0) is 50.1 Å². The number of rotatable bonds is 2. The summed E-state index contributed by atoms with van der Waals surface area (Å²) in [6, 6.07) is 7.75. The molecule has 1 aromatic carbocycles. The number of hydrogen-bond acceptors (Lipinski definition) is 3. The van der Waals surface area contributed by atoms with Crippen molar-refractivity contribution in [2.75, 3.05) is 38.5 Å². The largest absolute Gasteiger partial charge is 0.388 e. The van der Waals surface area contributed by atoms with Gasteiger partial charge in [0.05, 0.1) is 0 Å². The van der Waals surface area contributed by atoms with Gasteiger partial charge in [-0.15, -0.1) is 0 Å². The standard InChI is InChI=1S/C16H23N3O/c1-17-14-5-3-13(4-6-14)15(20)19-10-8-16(12-19)7-2-9-18-11-16/h3-6,17-18H,2,7-12H2,1H3/t16-/m1/s1. The van der Waals surface area contributed by atoms with Crippen LogP contribution >= 0.6 is 0 Å². The van der Waals surface area contributed by atoms with E-state index in [0.717, 1.165) is 43.9 Å². The van der Waals surface area contributed by atoms with Gasteiger partial charge < -0.3 is 15.5 Å². The average Bonchev–Trinajstić information content (AvgIpc) is 2.91. The molecule has 0 radical (unpaired) electrons. The normalized spacial score (nSPS) is 25.9. The molecule has 1 spiro atoms. The van der Waals surface area contributed by atoms with Gasteiger partial charge in [-0.25, -0.2) is 0 Å². The Morgan fingerprint density at radius 3 is 2.75 bits per heavy atom. The monoisotopic (exact) mass is 273 g/mol. The first-order chi connectivity index (χ1) is 9.72. The van der Waals surface area contributed by atoms with E-state index in [1.165, 1.54) is 12.8 Å². The van der Waals surface area contributed by atoms with Crippen LogP contribution in [0.3, 0.4) is 0 Å². The van der Waals surface area contributed by atoms with E-state index in [4.69, 9.17) is 0 Å². The van der Waals surface area contributed by atoms with Gasteiger partial charge in [-0.3, -0.25) is 4.79 Å². The first-order valence-corrected chi connectivity index (χ1v) is 7.50. The van der Waals surface area contributed by atoms with Crippen LogP contribution in [0.1, 0.15) is 29.6 Å². The first kappa shape index (κ1) is 13.4. The van der Waals surface area contributed by atoms with E-state index in [2.05, 4.69) is 10.6 Å². The second kappa shape index (κ2) is 5.44. The van der Waals surface area contributed by atoms with Crippen LogP contribution in [0.15, 0.2) is 24.3 Å². The zero-order valence-electron chi connectivity index (χ0n) is 12.1. The van der Waals surface area contributed by atoms with Crippen molar-refractivity contribution in [3.63, 3.8) is 0 Å². The molecule has 20 heavy (non-hydrogen) atoms. The minimum Gasteiger partial charge on any atom is -0.388 e. The zero-order valence-corrected chi connectivity index (χ0v) is 12.1. The van der Waals surface area contributed by atoms with Crippen molar-refractivity contribution in [3.05, 3.63) is 29.8 Å². The number of carbonyl (C=O) groups excluding carboxylic acids is 1. The van der Waals surface area contributed by atoms with E-state index in [1.54, 1.807) is 0 Å². The van der Waals surface area contributed by atoms with Crippen LogP contribution in [-0.2, 0) is 0 Å². The molecule has 4 heteroatoms. The smallest absolute Gasteiger partial charge is 0.253 e. The highest BCUT2D eigenvalue weighted by molar-refractivity contribution is 5.94. The molecule has 0 bridgehead atoms. The predicted molar refractivity (Wildman–Crippen MR) is 81.0 cm³/mol. The van der Waals surface area contributed by atoms with E-state index >= 15 is 0 Å². The Hall–Kier alpha value is -1.55. The molecule has 4 nitrogen and oxygen atoms in total. The summed E-state index contributed by atoms with van der Waals surface area (Å²) in [4.78, 5) is 14.6. The summed E-state index contributed by atoms with van der Waals surface area (Å²) in [6.07, 6.45) is 3.63. The summed E-state index contributed by atoms with van der Waals surface area (Å²) in [5, 5.41) is 6.56. The SMILES string of the molecule is CNc1ccc(C(=O)N2CC[C@@]3(CCCNC3)C2)cc1. The summed E-state index contributed by atoms with van der Waals surface area (Å²) >= 11 is 0. The quantitative estimate of drug-likeness (QED) is 0.865. The van der Waals surface area contributed by atoms with E-state index in [0.29, 0.717) is 5.41 Å². The molecule has 0 saturated carbocycles. The highest BCUT2D eigenvalue weighted by Gasteiger charge is 2.40. The van der Waals surface area contributed by atoms with E-state index in [-0.39, 0.29) is 5.91 Å². The van der Waals surface area contributed by atoms with Gasteiger partial charge in [0.15, 0.2) is 0 Å². The van der Waals surface area contributed by atoms with E-state index in [1.807, 2.05) is 36.2 Å². The lowest BCUT2D eigenvalue weighted by Gasteiger charge is -2.33. The number of carbonyl (C=O) groups is 1. The Morgan fingerprint density at radius 1 is 1.30 bits per heavy atom. The third-order valence-corrected chi connectivity index (χ3v) is 4.71. The number of anilines is 1. The Labute approximate surface area is 120 Å². The van der Waals surface area contributed by atoms with E-state index in [9.17, 15) is 4.79 Å². The molecule has 0 unspecified atom stereocenters. The highest BCUT2D eigenvalue weighted by Crippen LogP contribution is 2.36. The number of hydrogen-bond donors (Lipinski definition) is 2. The molecule has 1 atom stereocenters. The lowest BCUT2D eigenvalue weighted by Crippen LogP contribution is -2.42. The maximum atomic E-state index is 12.6. The molecule has 3 rings (SSSR count). The first-order valence-electron chi connectivity index (χ1n) is 7.50. The van der Waals surface area contributed by atoms with Gasteiger partial charge in [0.25, 0.3) is 5.91 Å². The van der Waals surface area contributed by atoms with Crippen LogP contribution in [0.25, 0.3) is 0 Å². The van der Waals surface area contributed by atoms with Crippen molar-refractivity contribution in [1.82, 2.24) is 10.2 Å². The van der Waals surface area contributed by atoms with Gasteiger partial charge in [0.1, 0.15) is 0 Å². The van der Waals surface area contributed by atoms with Gasteiger partial charge in [-0.1, -0.05) is 0 Å². The van der Waals surface area contributed by atoms with Crippen molar-refractivity contribution in [2.24, 2.45) is 5.41 Å². The maximum Gasteiger partial charge on any atom is 0.253 e. The lowest BCUT2D eigenvalue weighted by atomic mass is 9.80. The van der Waals surface area contributed by atoms with Crippen LogP contribution < -0.4 is 10.6 Å². The van der Waals surface area contributed by atoms with Gasteiger partial charge in [0, 0.05) is 43.3 Å². The van der Waals surface area contributed by atoms with Crippen LogP contribution in [0.4, 0.5) is 5.69 Å². The maximum absolute atomic E-state index is 12.6. The second-order valence-corrected chi connectivity index (χ2v) is 6.08. The lowest BCUT2D eigenvalue weighted by molar-refractivity contribution is 0.0764. The molecular formula is C16H23N3O. The predicted octanol–water partition coefficient (Wildman–Crippen LogP) is 1.94. The fourth-order valence-corrected chi connectivity index (χ4v) is 3.45. The molecule has 1 aromatic rings. The fraction of sp³-hybridized carbons (Fsp3) is 0.562. The Balaban J connectivity index is 1.68. The molecular weight excluding hydrogens is 250 g/mol. The third kappa shape index (κ3) is 2.52. The number of benzene rings is 1. The van der Waals surface area contributed by atoms with Crippen molar-refractivity contribution < 1.29 is 4.79 Å². The molecule has 1 amide bonds. The molecule has 2 aliphatic rings. The van der Waals surface area contributed by atoms with Crippen molar-refractivity contribution in [2.45, 2.75) is 19.3 Å². The van der Waals surface area contributed by atoms with Gasteiger partial charge >= 0.3 is 0 Å². The summed E-state index contributed by atoms with van der Waals surface area (Å²) in [5.41, 5.74) is 2.17. The molecule has 2 N–H and O–H groups in total. The molecule has 2 saturated heterocycles. The van der Waals surface area contributed by atoms with E-state index < -0.39 is 0 Å². The molecule has 2 heterocycles. The van der Waals surface area contributed by atoms with Crippen LogP contribution in [-0.4, -0.2) is 44.0 Å². The number of piperidine rings is 1. The summed E-state index contributed by atoms with van der Waals surface area (Å²) in [5.74, 6) is 0.176. The minimum atomic E-state index is 0.176.